The van der Waals surface area contributed by atoms with Gasteiger partial charge in [-0.2, -0.15) is 0 Å². The Morgan fingerprint density at radius 3 is 2.86 bits per heavy atom. The van der Waals surface area contributed by atoms with Crippen LogP contribution in [0.3, 0.4) is 0 Å². The molecule has 2 heterocycles. The molecule has 0 bridgehead atoms. The van der Waals surface area contributed by atoms with Gasteiger partial charge in [-0.1, -0.05) is 20.8 Å². The van der Waals surface area contributed by atoms with E-state index in [2.05, 4.69) is 25.8 Å². The number of aliphatic hydroxyl groups excluding tert-OH is 1. The summed E-state index contributed by atoms with van der Waals surface area (Å²) in [4.78, 5) is 19.0. The number of hydrogen-bond donors (Lipinski definition) is 1. The highest BCUT2D eigenvalue weighted by Crippen LogP contribution is 2.27. The summed E-state index contributed by atoms with van der Waals surface area (Å²) in [5, 5.41) is 12.6. The fraction of sp³-hybridized carbons (Fsp3) is 0.750. The van der Waals surface area contributed by atoms with Crippen molar-refractivity contribution >= 4 is 17.2 Å². The first kappa shape index (κ1) is 16.4. The quantitative estimate of drug-likeness (QED) is 0.930. The second-order valence-corrected chi connectivity index (χ2v) is 7.90. The van der Waals surface area contributed by atoms with E-state index in [-0.39, 0.29) is 23.5 Å². The van der Waals surface area contributed by atoms with E-state index in [0.717, 1.165) is 30.1 Å². The number of aromatic nitrogens is 1. The van der Waals surface area contributed by atoms with Gasteiger partial charge in [0.15, 0.2) is 0 Å². The smallest absolute Gasteiger partial charge is 0.228 e. The van der Waals surface area contributed by atoms with Gasteiger partial charge in [-0.3, -0.25) is 4.79 Å². The summed E-state index contributed by atoms with van der Waals surface area (Å²) in [6.45, 7) is 9.01. The molecule has 2 atom stereocenters. The molecular weight excluding hydrogens is 284 g/mol. The lowest BCUT2D eigenvalue weighted by molar-refractivity contribution is -0.131. The van der Waals surface area contributed by atoms with E-state index in [4.69, 9.17) is 0 Å². The maximum Gasteiger partial charge on any atom is 0.228 e. The maximum atomic E-state index is 12.5. The first-order valence-electron chi connectivity index (χ1n) is 7.70. The molecule has 1 aromatic heterocycles. The highest BCUT2D eigenvalue weighted by Gasteiger charge is 2.30. The Labute approximate surface area is 131 Å². The summed E-state index contributed by atoms with van der Waals surface area (Å²) >= 11 is 1.63. The predicted molar refractivity (Wildman–Crippen MR) is 85.6 cm³/mol. The molecule has 2 unspecified atom stereocenters. The molecule has 4 nitrogen and oxygen atoms in total. The van der Waals surface area contributed by atoms with Crippen molar-refractivity contribution in [3.05, 3.63) is 16.1 Å². The Kier molecular flexibility index (Phi) is 5.04. The molecule has 1 saturated heterocycles. The fourth-order valence-electron chi connectivity index (χ4n) is 2.79. The lowest BCUT2D eigenvalue weighted by Gasteiger charge is -2.25. The number of rotatable bonds is 4. The van der Waals surface area contributed by atoms with Gasteiger partial charge in [-0.05, 0) is 26.2 Å². The third-order valence-corrected chi connectivity index (χ3v) is 5.15. The van der Waals surface area contributed by atoms with E-state index in [9.17, 15) is 9.90 Å². The standard InChI is InChI=1S/C16H26N2O2S/c1-11(19)8-13-6-5-7-18(13)14(20)9-12-10-21-15(17-12)16(2,3)4/h10-11,13,19H,5-9H2,1-4H3. The van der Waals surface area contributed by atoms with Gasteiger partial charge in [0.05, 0.1) is 23.2 Å². The Morgan fingerprint density at radius 2 is 2.29 bits per heavy atom. The number of likely N-dealkylation sites (tertiary alicyclic amines) is 1. The van der Waals surface area contributed by atoms with Gasteiger partial charge in [-0.15, -0.1) is 11.3 Å². The number of thiazole rings is 1. The van der Waals surface area contributed by atoms with E-state index in [0.29, 0.717) is 12.8 Å². The van der Waals surface area contributed by atoms with Gasteiger partial charge < -0.3 is 10.0 Å². The molecule has 0 aliphatic carbocycles. The molecule has 21 heavy (non-hydrogen) atoms. The van der Waals surface area contributed by atoms with E-state index in [1.165, 1.54) is 0 Å². The zero-order valence-corrected chi connectivity index (χ0v) is 14.2. The molecule has 1 amide bonds. The highest BCUT2D eigenvalue weighted by atomic mass is 32.1. The molecule has 2 rings (SSSR count). The van der Waals surface area contributed by atoms with Crippen molar-refractivity contribution in [3.63, 3.8) is 0 Å². The summed E-state index contributed by atoms with van der Waals surface area (Å²) in [6.07, 6.45) is 2.74. The summed E-state index contributed by atoms with van der Waals surface area (Å²) in [5.74, 6) is 0.143. The average molecular weight is 310 g/mol. The highest BCUT2D eigenvalue weighted by molar-refractivity contribution is 7.09. The topological polar surface area (TPSA) is 53.4 Å². The van der Waals surface area contributed by atoms with Gasteiger partial charge in [0, 0.05) is 23.4 Å². The lowest BCUT2D eigenvalue weighted by Crippen LogP contribution is -2.38. The minimum absolute atomic E-state index is 0.0362. The summed E-state index contributed by atoms with van der Waals surface area (Å²) in [6, 6.07) is 0.193. The molecule has 1 aromatic rings. The van der Waals surface area contributed by atoms with Crippen LogP contribution in [0.4, 0.5) is 0 Å². The van der Waals surface area contributed by atoms with Crippen LogP contribution in [0, 0.1) is 0 Å². The minimum Gasteiger partial charge on any atom is -0.393 e. The molecule has 0 aromatic carbocycles. The summed E-state index contributed by atoms with van der Waals surface area (Å²) < 4.78 is 0. The second-order valence-electron chi connectivity index (χ2n) is 7.04. The van der Waals surface area contributed by atoms with E-state index in [1.54, 1.807) is 18.3 Å². The first-order valence-corrected chi connectivity index (χ1v) is 8.57. The molecule has 5 heteroatoms. The van der Waals surface area contributed by atoms with Crippen LogP contribution in [-0.2, 0) is 16.6 Å². The van der Waals surface area contributed by atoms with Crippen molar-refractivity contribution in [3.8, 4) is 0 Å². The number of carbonyl (C=O) groups is 1. The SMILES string of the molecule is CC(O)CC1CCCN1C(=O)Cc1csc(C(C)(C)C)n1. The number of aliphatic hydroxyl groups is 1. The summed E-state index contributed by atoms with van der Waals surface area (Å²) in [5.41, 5.74) is 0.909. The van der Waals surface area contributed by atoms with Gasteiger partial charge >= 0.3 is 0 Å². The Bertz CT molecular complexity index is 491. The molecule has 1 aliphatic heterocycles. The monoisotopic (exact) mass is 310 g/mol. The molecule has 118 valence electrons. The molecule has 1 fully saturated rings. The van der Waals surface area contributed by atoms with E-state index in [1.807, 2.05) is 10.3 Å². The second kappa shape index (κ2) is 6.44. The first-order chi connectivity index (χ1) is 9.77. The Morgan fingerprint density at radius 1 is 1.57 bits per heavy atom. The van der Waals surface area contributed by atoms with Gasteiger partial charge in [0.25, 0.3) is 0 Å². The molecule has 0 radical (unpaired) electrons. The van der Waals surface area contributed by atoms with Crippen molar-refractivity contribution in [2.75, 3.05) is 6.54 Å². The largest absolute Gasteiger partial charge is 0.393 e. The maximum absolute atomic E-state index is 12.5. The summed E-state index contributed by atoms with van der Waals surface area (Å²) in [7, 11) is 0. The Balaban J connectivity index is 1.99. The van der Waals surface area contributed by atoms with Crippen molar-refractivity contribution in [1.29, 1.82) is 0 Å². The molecule has 0 spiro atoms. The lowest BCUT2D eigenvalue weighted by atomic mass is 9.98. The van der Waals surface area contributed by atoms with Crippen molar-refractivity contribution in [2.45, 2.75) is 70.9 Å². The molecule has 1 aliphatic rings. The van der Waals surface area contributed by atoms with Crippen LogP contribution in [0.2, 0.25) is 0 Å². The van der Waals surface area contributed by atoms with Crippen LogP contribution < -0.4 is 0 Å². The fourth-order valence-corrected chi connectivity index (χ4v) is 3.70. The van der Waals surface area contributed by atoms with Crippen LogP contribution in [0.15, 0.2) is 5.38 Å². The predicted octanol–water partition coefficient (Wildman–Crippen LogP) is 2.75. The van der Waals surface area contributed by atoms with E-state index >= 15 is 0 Å². The molecule has 1 N–H and O–H groups in total. The van der Waals surface area contributed by atoms with Gasteiger partial charge in [0.2, 0.25) is 5.91 Å². The normalized spacial score (nSPS) is 20.8. The molecular formula is C16H26N2O2S. The zero-order valence-electron chi connectivity index (χ0n) is 13.4. The van der Waals surface area contributed by atoms with Crippen LogP contribution in [0.5, 0.6) is 0 Å². The number of amides is 1. The van der Waals surface area contributed by atoms with Crippen molar-refractivity contribution in [1.82, 2.24) is 9.88 Å². The number of hydrogen-bond acceptors (Lipinski definition) is 4. The third kappa shape index (κ3) is 4.27. The number of nitrogens with zero attached hydrogens (tertiary/aromatic N) is 2. The number of carbonyl (C=O) groups excluding carboxylic acids is 1. The van der Waals surface area contributed by atoms with Crippen LogP contribution in [0.25, 0.3) is 0 Å². The van der Waals surface area contributed by atoms with E-state index < -0.39 is 0 Å². The van der Waals surface area contributed by atoms with Gasteiger partial charge in [-0.25, -0.2) is 4.98 Å². The van der Waals surface area contributed by atoms with Crippen molar-refractivity contribution in [2.24, 2.45) is 0 Å². The average Bonchev–Trinajstić information content (AvgIpc) is 2.96. The zero-order chi connectivity index (χ0) is 15.6. The minimum atomic E-state index is -0.352. The Hall–Kier alpha value is -0.940. The van der Waals surface area contributed by atoms with Crippen LogP contribution >= 0.6 is 11.3 Å². The third-order valence-electron chi connectivity index (χ3n) is 3.84. The van der Waals surface area contributed by atoms with Crippen LogP contribution in [0.1, 0.15) is 57.7 Å². The molecule has 0 saturated carbocycles. The van der Waals surface area contributed by atoms with Crippen LogP contribution in [-0.4, -0.2) is 39.6 Å². The van der Waals surface area contributed by atoms with Gasteiger partial charge in [0.1, 0.15) is 0 Å². The van der Waals surface area contributed by atoms with Crippen molar-refractivity contribution < 1.29 is 9.90 Å².